The molecule has 25 heavy (non-hydrogen) atoms. The number of benzene rings is 1. The van der Waals surface area contributed by atoms with Gasteiger partial charge in [0.15, 0.2) is 5.16 Å². The lowest BCUT2D eigenvalue weighted by atomic mass is 10.2. The van der Waals surface area contributed by atoms with Gasteiger partial charge in [-0.05, 0) is 12.1 Å². The number of amides is 1. The average Bonchev–Trinajstić information content (AvgIpc) is 2.55. The van der Waals surface area contributed by atoms with E-state index in [2.05, 4.69) is 20.5 Å². The SMILES string of the molecule is O=C(O)CCc1nnc(SCC(=O)Nc2c(Cl)cccc2Cl)[nH]c1=O. The molecule has 1 aromatic carbocycles. The highest BCUT2D eigenvalue weighted by Gasteiger charge is 2.12. The van der Waals surface area contributed by atoms with Gasteiger partial charge in [-0.15, -0.1) is 10.2 Å². The third kappa shape index (κ3) is 5.73. The second-order valence-corrected chi connectivity index (χ2v) is 6.51. The maximum atomic E-state index is 12.0. The van der Waals surface area contributed by atoms with Crippen molar-refractivity contribution in [1.29, 1.82) is 0 Å². The fraction of sp³-hybridized carbons (Fsp3) is 0.214. The summed E-state index contributed by atoms with van der Waals surface area (Å²) in [5.41, 5.74) is -0.201. The summed E-state index contributed by atoms with van der Waals surface area (Å²) in [7, 11) is 0. The number of carbonyl (C=O) groups excluding carboxylic acids is 1. The van der Waals surface area contributed by atoms with Crippen LogP contribution < -0.4 is 10.9 Å². The molecule has 11 heteroatoms. The van der Waals surface area contributed by atoms with Crippen LogP contribution in [0.1, 0.15) is 12.1 Å². The fourth-order valence-electron chi connectivity index (χ4n) is 1.73. The molecule has 0 aliphatic carbocycles. The molecule has 1 amide bonds. The number of aryl methyl sites for hydroxylation is 1. The molecule has 0 atom stereocenters. The molecule has 0 unspecified atom stereocenters. The molecular weight excluding hydrogens is 391 g/mol. The van der Waals surface area contributed by atoms with Gasteiger partial charge in [-0.1, -0.05) is 41.0 Å². The third-order valence-electron chi connectivity index (χ3n) is 2.89. The number of carbonyl (C=O) groups is 2. The summed E-state index contributed by atoms with van der Waals surface area (Å²) in [6.45, 7) is 0. The summed E-state index contributed by atoms with van der Waals surface area (Å²) < 4.78 is 0. The molecule has 0 aliphatic heterocycles. The number of aromatic nitrogens is 3. The average molecular weight is 403 g/mol. The van der Waals surface area contributed by atoms with Gasteiger partial charge in [0.05, 0.1) is 27.9 Å². The van der Waals surface area contributed by atoms with Crippen molar-refractivity contribution < 1.29 is 14.7 Å². The molecule has 0 aliphatic rings. The van der Waals surface area contributed by atoms with E-state index in [1.54, 1.807) is 18.2 Å². The Kier molecular flexibility index (Phi) is 6.80. The van der Waals surface area contributed by atoms with Gasteiger partial charge in [0.2, 0.25) is 5.91 Å². The molecule has 1 aromatic heterocycles. The zero-order valence-electron chi connectivity index (χ0n) is 12.6. The number of aliphatic carboxylic acids is 1. The monoisotopic (exact) mass is 402 g/mol. The van der Waals surface area contributed by atoms with Crippen molar-refractivity contribution in [2.24, 2.45) is 0 Å². The van der Waals surface area contributed by atoms with Crippen molar-refractivity contribution in [3.05, 3.63) is 44.3 Å². The molecule has 0 saturated heterocycles. The van der Waals surface area contributed by atoms with Crippen molar-refractivity contribution in [1.82, 2.24) is 15.2 Å². The van der Waals surface area contributed by atoms with E-state index in [0.717, 1.165) is 11.8 Å². The summed E-state index contributed by atoms with van der Waals surface area (Å²) in [6.07, 6.45) is -0.237. The standard InChI is InChI=1S/C14H12Cl2N4O4S/c15-7-2-1-3-8(16)12(7)17-10(21)6-25-14-18-13(24)9(19-20-14)4-5-11(22)23/h1-3H,4-6H2,(H,17,21)(H,22,23)(H,18,20,24). The summed E-state index contributed by atoms with van der Waals surface area (Å²) in [5.74, 6) is -1.48. The Hall–Kier alpha value is -2.10. The summed E-state index contributed by atoms with van der Waals surface area (Å²) in [4.78, 5) is 36.7. The molecule has 132 valence electrons. The number of para-hydroxylation sites is 1. The number of carboxylic acids is 1. The first-order valence-electron chi connectivity index (χ1n) is 6.91. The minimum Gasteiger partial charge on any atom is -0.481 e. The highest BCUT2D eigenvalue weighted by atomic mass is 35.5. The number of hydrogen-bond donors (Lipinski definition) is 3. The molecule has 2 rings (SSSR count). The largest absolute Gasteiger partial charge is 0.481 e. The van der Waals surface area contributed by atoms with E-state index in [4.69, 9.17) is 28.3 Å². The Morgan fingerprint density at radius 2 is 1.92 bits per heavy atom. The Morgan fingerprint density at radius 3 is 2.52 bits per heavy atom. The van der Waals surface area contributed by atoms with Crippen LogP contribution in [-0.2, 0) is 16.0 Å². The minimum atomic E-state index is -1.03. The second-order valence-electron chi connectivity index (χ2n) is 4.73. The van der Waals surface area contributed by atoms with Crippen LogP contribution in [0.5, 0.6) is 0 Å². The third-order valence-corrected chi connectivity index (χ3v) is 4.38. The van der Waals surface area contributed by atoms with E-state index in [-0.39, 0.29) is 29.4 Å². The molecule has 0 radical (unpaired) electrons. The van der Waals surface area contributed by atoms with Crippen LogP contribution in [0.2, 0.25) is 10.0 Å². The number of aromatic amines is 1. The van der Waals surface area contributed by atoms with E-state index in [1.807, 2.05) is 0 Å². The van der Waals surface area contributed by atoms with Crippen LogP contribution in [-0.4, -0.2) is 37.9 Å². The predicted octanol–water partition coefficient (Wildman–Crippen LogP) is 2.22. The Labute approximate surface area is 155 Å². The first-order valence-corrected chi connectivity index (χ1v) is 8.65. The topological polar surface area (TPSA) is 125 Å². The summed E-state index contributed by atoms with van der Waals surface area (Å²) in [6, 6.07) is 4.84. The van der Waals surface area contributed by atoms with Crippen LogP contribution in [0, 0.1) is 0 Å². The molecule has 2 aromatic rings. The highest BCUT2D eigenvalue weighted by Crippen LogP contribution is 2.29. The van der Waals surface area contributed by atoms with E-state index >= 15 is 0 Å². The number of hydrogen-bond acceptors (Lipinski definition) is 6. The molecule has 0 bridgehead atoms. The van der Waals surface area contributed by atoms with Crippen LogP contribution in [0.25, 0.3) is 0 Å². The minimum absolute atomic E-state index is 0.0197. The quantitative estimate of drug-likeness (QED) is 0.606. The number of H-pyrrole nitrogens is 1. The van der Waals surface area contributed by atoms with Crippen LogP contribution >= 0.6 is 35.0 Å². The van der Waals surface area contributed by atoms with Crippen molar-refractivity contribution in [2.45, 2.75) is 18.0 Å². The summed E-state index contributed by atoms with van der Waals surface area (Å²) >= 11 is 12.9. The molecular formula is C14H12Cl2N4O4S. The Morgan fingerprint density at radius 1 is 1.24 bits per heavy atom. The zero-order valence-corrected chi connectivity index (χ0v) is 14.9. The first kappa shape index (κ1) is 19.2. The van der Waals surface area contributed by atoms with Gasteiger partial charge in [-0.2, -0.15) is 0 Å². The van der Waals surface area contributed by atoms with Gasteiger partial charge in [0.1, 0.15) is 5.69 Å². The van der Waals surface area contributed by atoms with Crippen LogP contribution in [0.4, 0.5) is 5.69 Å². The Balaban J connectivity index is 1.94. The zero-order chi connectivity index (χ0) is 18.4. The highest BCUT2D eigenvalue weighted by molar-refractivity contribution is 7.99. The summed E-state index contributed by atoms with van der Waals surface area (Å²) in [5, 5.41) is 19.4. The number of nitrogens with zero attached hydrogens (tertiary/aromatic N) is 2. The van der Waals surface area contributed by atoms with Crippen molar-refractivity contribution in [3.8, 4) is 0 Å². The van der Waals surface area contributed by atoms with Gasteiger partial charge in [-0.3, -0.25) is 19.4 Å². The number of carboxylic acid groups (broad SMARTS) is 1. The van der Waals surface area contributed by atoms with Gasteiger partial charge in [0, 0.05) is 6.42 Å². The predicted molar refractivity (Wildman–Crippen MR) is 94.4 cm³/mol. The van der Waals surface area contributed by atoms with E-state index in [1.165, 1.54) is 0 Å². The van der Waals surface area contributed by atoms with Crippen LogP contribution in [0.3, 0.4) is 0 Å². The molecule has 0 saturated carbocycles. The number of thioether (sulfide) groups is 1. The van der Waals surface area contributed by atoms with Crippen LogP contribution in [0.15, 0.2) is 28.2 Å². The van der Waals surface area contributed by atoms with Crippen molar-refractivity contribution >= 4 is 52.5 Å². The van der Waals surface area contributed by atoms with Crippen molar-refractivity contribution in [3.63, 3.8) is 0 Å². The molecule has 3 N–H and O–H groups in total. The number of anilines is 1. The van der Waals surface area contributed by atoms with Gasteiger partial charge >= 0.3 is 5.97 Å². The molecule has 0 fully saturated rings. The van der Waals surface area contributed by atoms with Gasteiger partial charge in [0.25, 0.3) is 5.56 Å². The van der Waals surface area contributed by atoms with Gasteiger partial charge in [-0.25, -0.2) is 0 Å². The molecule has 0 spiro atoms. The number of rotatable bonds is 7. The fourth-order valence-corrected chi connectivity index (χ4v) is 2.82. The smallest absolute Gasteiger partial charge is 0.303 e. The first-order chi connectivity index (χ1) is 11.9. The van der Waals surface area contributed by atoms with E-state index < -0.39 is 17.4 Å². The lowest BCUT2D eigenvalue weighted by molar-refractivity contribution is -0.137. The lowest BCUT2D eigenvalue weighted by Crippen LogP contribution is -2.20. The second kappa shape index (κ2) is 8.84. The molecule has 1 heterocycles. The Bertz CT molecular complexity index is 839. The van der Waals surface area contributed by atoms with Gasteiger partial charge < -0.3 is 10.4 Å². The van der Waals surface area contributed by atoms with E-state index in [9.17, 15) is 14.4 Å². The maximum absolute atomic E-state index is 12.0. The normalized spacial score (nSPS) is 10.5. The van der Waals surface area contributed by atoms with E-state index in [0.29, 0.717) is 15.7 Å². The lowest BCUT2D eigenvalue weighted by Gasteiger charge is -2.08. The number of nitrogens with one attached hydrogen (secondary N) is 2. The molecule has 8 nitrogen and oxygen atoms in total. The number of halogens is 2. The maximum Gasteiger partial charge on any atom is 0.303 e. The van der Waals surface area contributed by atoms with Crippen molar-refractivity contribution in [2.75, 3.05) is 11.1 Å².